The molecule has 6 nitrogen and oxygen atoms in total. The third-order valence-electron chi connectivity index (χ3n) is 2.98. The van der Waals surface area contributed by atoms with Gasteiger partial charge in [0.1, 0.15) is 0 Å². The largest absolute Gasteiger partial charge is 0.500 e. The van der Waals surface area contributed by atoms with E-state index in [4.69, 9.17) is 18.4 Å². The first-order valence-electron chi connectivity index (χ1n) is 6.13. The standard InChI is InChI=1S/C11H25NO5Si/c1-5-12(9-7-11(13)14)8-6-10-18(15-2,16-3)17-4/h5-10H2,1-4H3,(H,13,14). The van der Waals surface area contributed by atoms with Crippen LogP contribution >= 0.6 is 0 Å². The van der Waals surface area contributed by atoms with Crippen molar-refractivity contribution in [1.29, 1.82) is 0 Å². The van der Waals surface area contributed by atoms with E-state index in [1.807, 2.05) is 6.92 Å². The van der Waals surface area contributed by atoms with Crippen LogP contribution in [0, 0.1) is 0 Å². The van der Waals surface area contributed by atoms with E-state index in [0.29, 0.717) is 6.54 Å². The van der Waals surface area contributed by atoms with Gasteiger partial charge in [-0.25, -0.2) is 0 Å². The van der Waals surface area contributed by atoms with Gasteiger partial charge in [0.2, 0.25) is 0 Å². The van der Waals surface area contributed by atoms with Crippen LogP contribution in [-0.4, -0.2) is 65.7 Å². The molecule has 0 fully saturated rings. The molecule has 0 saturated heterocycles. The molecule has 0 spiro atoms. The minimum Gasteiger partial charge on any atom is -0.481 e. The van der Waals surface area contributed by atoms with Crippen molar-refractivity contribution in [3.8, 4) is 0 Å². The van der Waals surface area contributed by atoms with Crippen molar-refractivity contribution < 1.29 is 23.2 Å². The van der Waals surface area contributed by atoms with Crippen molar-refractivity contribution in [2.45, 2.75) is 25.8 Å². The van der Waals surface area contributed by atoms with Gasteiger partial charge in [-0.1, -0.05) is 6.92 Å². The first-order valence-corrected chi connectivity index (χ1v) is 8.06. The van der Waals surface area contributed by atoms with Gasteiger partial charge >= 0.3 is 14.8 Å². The number of hydrogen-bond acceptors (Lipinski definition) is 5. The summed E-state index contributed by atoms with van der Waals surface area (Å²) in [6, 6.07) is 0.736. The number of carboxylic acid groups (broad SMARTS) is 1. The topological polar surface area (TPSA) is 68.2 Å². The van der Waals surface area contributed by atoms with Gasteiger partial charge in [0.05, 0.1) is 6.42 Å². The van der Waals surface area contributed by atoms with Gasteiger partial charge < -0.3 is 23.3 Å². The first-order chi connectivity index (χ1) is 8.53. The second-order valence-corrected chi connectivity index (χ2v) is 7.07. The Labute approximate surface area is 110 Å². The highest BCUT2D eigenvalue weighted by Crippen LogP contribution is 2.15. The Balaban J connectivity index is 4.01. The zero-order valence-electron chi connectivity index (χ0n) is 11.8. The number of aliphatic carboxylic acids is 1. The third-order valence-corrected chi connectivity index (χ3v) is 5.81. The molecule has 0 aliphatic heterocycles. The molecule has 0 unspecified atom stereocenters. The molecule has 0 heterocycles. The summed E-state index contributed by atoms with van der Waals surface area (Å²) < 4.78 is 16.0. The maximum Gasteiger partial charge on any atom is 0.500 e. The normalized spacial score (nSPS) is 12.1. The summed E-state index contributed by atoms with van der Waals surface area (Å²) in [5.41, 5.74) is 0. The molecule has 0 rings (SSSR count). The highest BCUT2D eigenvalue weighted by Gasteiger charge is 2.36. The van der Waals surface area contributed by atoms with E-state index in [1.165, 1.54) is 0 Å². The van der Waals surface area contributed by atoms with Gasteiger partial charge in [0.15, 0.2) is 0 Å². The Morgan fingerprint density at radius 1 is 1.17 bits per heavy atom. The van der Waals surface area contributed by atoms with Gasteiger partial charge in [0.25, 0.3) is 0 Å². The molecule has 0 atom stereocenters. The summed E-state index contributed by atoms with van der Waals surface area (Å²) in [5.74, 6) is -0.761. The predicted octanol–water partition coefficient (Wildman–Crippen LogP) is 1.05. The van der Waals surface area contributed by atoms with E-state index in [2.05, 4.69) is 4.90 Å². The molecule has 18 heavy (non-hydrogen) atoms. The van der Waals surface area contributed by atoms with Crippen LogP contribution in [0.15, 0.2) is 0 Å². The highest BCUT2D eigenvalue weighted by molar-refractivity contribution is 6.60. The molecule has 0 aromatic heterocycles. The van der Waals surface area contributed by atoms with Gasteiger partial charge in [-0.2, -0.15) is 0 Å². The van der Waals surface area contributed by atoms with E-state index >= 15 is 0 Å². The van der Waals surface area contributed by atoms with Crippen molar-refractivity contribution in [2.75, 3.05) is 41.0 Å². The predicted molar refractivity (Wildman–Crippen MR) is 70.6 cm³/mol. The van der Waals surface area contributed by atoms with Crippen LogP contribution in [0.5, 0.6) is 0 Å². The zero-order chi connectivity index (χ0) is 14.0. The van der Waals surface area contributed by atoms with Crippen LogP contribution in [0.25, 0.3) is 0 Å². The summed E-state index contributed by atoms with van der Waals surface area (Å²) in [6.07, 6.45) is 1.05. The molecule has 0 aromatic rings. The Hall–Kier alpha value is -0.473. The molecule has 0 aliphatic carbocycles. The molecule has 1 N–H and O–H groups in total. The van der Waals surface area contributed by atoms with Crippen LogP contribution in [0.4, 0.5) is 0 Å². The number of hydrogen-bond donors (Lipinski definition) is 1. The van der Waals surface area contributed by atoms with Crippen LogP contribution < -0.4 is 0 Å². The van der Waals surface area contributed by atoms with Crippen molar-refractivity contribution in [3.63, 3.8) is 0 Å². The van der Waals surface area contributed by atoms with Gasteiger partial charge in [0, 0.05) is 33.9 Å². The zero-order valence-corrected chi connectivity index (χ0v) is 12.8. The van der Waals surface area contributed by atoms with E-state index in [-0.39, 0.29) is 6.42 Å². The lowest BCUT2D eigenvalue weighted by Crippen LogP contribution is -2.43. The number of carboxylic acids is 1. The van der Waals surface area contributed by atoms with Crippen molar-refractivity contribution in [1.82, 2.24) is 4.90 Å². The molecule has 0 amide bonds. The Morgan fingerprint density at radius 3 is 2.11 bits per heavy atom. The van der Waals surface area contributed by atoms with Crippen molar-refractivity contribution in [2.24, 2.45) is 0 Å². The van der Waals surface area contributed by atoms with E-state index in [0.717, 1.165) is 25.6 Å². The van der Waals surface area contributed by atoms with Crippen LogP contribution in [0.2, 0.25) is 6.04 Å². The van der Waals surface area contributed by atoms with Crippen LogP contribution in [-0.2, 0) is 18.1 Å². The quantitative estimate of drug-likeness (QED) is 0.570. The first kappa shape index (κ1) is 17.5. The molecule has 0 bridgehead atoms. The SMILES string of the molecule is CCN(CCC[Si](OC)(OC)OC)CCC(=O)O. The Kier molecular flexibility index (Phi) is 9.21. The number of carbonyl (C=O) groups is 1. The fourth-order valence-corrected chi connectivity index (χ4v) is 3.46. The molecule has 0 aromatic carbocycles. The monoisotopic (exact) mass is 279 g/mol. The van der Waals surface area contributed by atoms with E-state index in [9.17, 15) is 4.79 Å². The van der Waals surface area contributed by atoms with Gasteiger partial charge in [-0.3, -0.25) is 4.79 Å². The fourth-order valence-electron chi connectivity index (χ4n) is 1.76. The van der Waals surface area contributed by atoms with E-state index in [1.54, 1.807) is 21.3 Å². The fraction of sp³-hybridized carbons (Fsp3) is 0.909. The van der Waals surface area contributed by atoms with Crippen molar-refractivity contribution >= 4 is 14.8 Å². The highest BCUT2D eigenvalue weighted by atomic mass is 28.4. The molecular weight excluding hydrogens is 254 g/mol. The maximum absolute atomic E-state index is 10.5. The van der Waals surface area contributed by atoms with Gasteiger partial charge in [-0.15, -0.1) is 0 Å². The smallest absolute Gasteiger partial charge is 0.481 e. The van der Waals surface area contributed by atoms with Crippen LogP contribution in [0.1, 0.15) is 19.8 Å². The van der Waals surface area contributed by atoms with Gasteiger partial charge in [-0.05, 0) is 19.5 Å². The lowest BCUT2D eigenvalue weighted by atomic mass is 10.3. The summed E-state index contributed by atoms with van der Waals surface area (Å²) in [6.45, 7) is 4.27. The minimum atomic E-state index is -2.48. The number of rotatable bonds is 11. The minimum absolute atomic E-state index is 0.176. The Bertz CT molecular complexity index is 227. The summed E-state index contributed by atoms with van der Waals surface area (Å²) in [7, 11) is 2.31. The van der Waals surface area contributed by atoms with Crippen LogP contribution in [0.3, 0.4) is 0 Å². The summed E-state index contributed by atoms with van der Waals surface area (Å²) in [5, 5.41) is 8.65. The van der Waals surface area contributed by atoms with E-state index < -0.39 is 14.8 Å². The molecular formula is C11H25NO5Si. The maximum atomic E-state index is 10.5. The summed E-state index contributed by atoms with van der Waals surface area (Å²) in [4.78, 5) is 12.6. The third kappa shape index (κ3) is 6.46. The lowest BCUT2D eigenvalue weighted by molar-refractivity contribution is -0.137. The second kappa shape index (κ2) is 9.46. The second-order valence-electron chi connectivity index (χ2n) is 3.98. The number of nitrogens with zero attached hydrogens (tertiary/aromatic N) is 1. The molecule has 0 aliphatic rings. The molecule has 108 valence electrons. The molecule has 0 radical (unpaired) electrons. The average Bonchev–Trinajstić information content (AvgIpc) is 2.38. The summed E-state index contributed by atoms with van der Waals surface area (Å²) >= 11 is 0. The molecule has 0 saturated carbocycles. The average molecular weight is 279 g/mol. The lowest BCUT2D eigenvalue weighted by Gasteiger charge is -2.26. The Morgan fingerprint density at radius 2 is 1.72 bits per heavy atom. The van der Waals surface area contributed by atoms with Crippen molar-refractivity contribution in [3.05, 3.63) is 0 Å². The molecule has 7 heteroatoms.